The van der Waals surface area contributed by atoms with Gasteiger partial charge >= 0.3 is 12.1 Å². The van der Waals surface area contributed by atoms with Crippen molar-refractivity contribution in [2.75, 3.05) is 0 Å². The number of rotatable bonds is 3. The number of nitrogens with zero attached hydrogens (tertiary/aromatic N) is 2. The number of phenols is 1. The van der Waals surface area contributed by atoms with Crippen LogP contribution in [-0.4, -0.2) is 16.2 Å². The van der Waals surface area contributed by atoms with E-state index in [0.717, 1.165) is 24.3 Å². The quantitative estimate of drug-likeness (QED) is 0.817. The number of hydrogen-bond acceptors (Lipinski definition) is 4. The third kappa shape index (κ3) is 3.60. The molecule has 0 atom stereocenters. The number of halogens is 3. The van der Waals surface area contributed by atoms with Crippen LogP contribution in [0.15, 0.2) is 52.7 Å². The van der Waals surface area contributed by atoms with Crippen LogP contribution in [0.5, 0.6) is 5.75 Å². The molecule has 114 valence electrons. The van der Waals surface area contributed by atoms with E-state index in [2.05, 4.69) is 10.2 Å². The van der Waals surface area contributed by atoms with E-state index in [9.17, 15) is 23.1 Å². The second-order valence-electron chi connectivity index (χ2n) is 4.25. The molecule has 0 heterocycles. The number of carbonyl (C=O) groups is 1. The number of aromatic carboxylic acids is 1. The summed E-state index contributed by atoms with van der Waals surface area (Å²) < 4.78 is 37.7. The van der Waals surface area contributed by atoms with Crippen LogP contribution in [-0.2, 0) is 6.18 Å². The van der Waals surface area contributed by atoms with E-state index in [1.54, 1.807) is 0 Å². The normalized spacial score (nSPS) is 11.8. The summed E-state index contributed by atoms with van der Waals surface area (Å²) >= 11 is 0. The van der Waals surface area contributed by atoms with Crippen molar-refractivity contribution >= 4 is 17.3 Å². The first-order valence-corrected chi connectivity index (χ1v) is 5.92. The van der Waals surface area contributed by atoms with Gasteiger partial charge in [-0.1, -0.05) is 6.07 Å². The van der Waals surface area contributed by atoms with E-state index in [-0.39, 0.29) is 16.9 Å². The zero-order valence-corrected chi connectivity index (χ0v) is 10.9. The summed E-state index contributed by atoms with van der Waals surface area (Å²) in [5.74, 6) is -1.79. The molecule has 22 heavy (non-hydrogen) atoms. The minimum atomic E-state index is -4.49. The third-order valence-electron chi connectivity index (χ3n) is 2.66. The van der Waals surface area contributed by atoms with Gasteiger partial charge in [0.05, 0.1) is 16.9 Å². The molecule has 0 bridgehead atoms. The molecule has 2 rings (SSSR count). The van der Waals surface area contributed by atoms with Gasteiger partial charge in [0.1, 0.15) is 11.3 Å². The molecule has 2 aromatic rings. The van der Waals surface area contributed by atoms with Crippen LogP contribution < -0.4 is 0 Å². The van der Waals surface area contributed by atoms with Crippen LogP contribution in [0.2, 0.25) is 0 Å². The Kier molecular flexibility index (Phi) is 4.11. The molecule has 0 spiro atoms. The maximum Gasteiger partial charge on any atom is 0.416 e. The van der Waals surface area contributed by atoms with Gasteiger partial charge in [-0.05, 0) is 36.4 Å². The average Bonchev–Trinajstić information content (AvgIpc) is 2.45. The van der Waals surface area contributed by atoms with Crippen LogP contribution in [0.1, 0.15) is 15.9 Å². The monoisotopic (exact) mass is 310 g/mol. The molecular formula is C14H9F3N2O3. The lowest BCUT2D eigenvalue weighted by atomic mass is 10.2. The van der Waals surface area contributed by atoms with E-state index in [1.165, 1.54) is 18.2 Å². The van der Waals surface area contributed by atoms with E-state index in [4.69, 9.17) is 5.11 Å². The Morgan fingerprint density at radius 3 is 2.23 bits per heavy atom. The topological polar surface area (TPSA) is 82.2 Å². The molecule has 0 amide bonds. The lowest BCUT2D eigenvalue weighted by Gasteiger charge is -2.06. The number of hydrogen-bond donors (Lipinski definition) is 2. The predicted octanol–water partition coefficient (Wildman–Crippen LogP) is 4.52. The molecule has 0 aromatic heterocycles. The number of carboxylic acids is 1. The number of carboxylic acid groups (broad SMARTS) is 1. The Morgan fingerprint density at radius 1 is 1.00 bits per heavy atom. The van der Waals surface area contributed by atoms with E-state index < -0.39 is 23.5 Å². The van der Waals surface area contributed by atoms with Gasteiger partial charge in [0.25, 0.3) is 0 Å². The summed E-state index contributed by atoms with van der Waals surface area (Å²) in [6.45, 7) is 0. The standard InChI is InChI=1S/C14H9F3N2O3/c15-14(16,17)8-2-1-3-9(6-8)18-19-10-4-5-12(20)11(7-10)13(21)22/h1-7,20H,(H,21,22). The van der Waals surface area contributed by atoms with Gasteiger partial charge in [0.15, 0.2) is 0 Å². The van der Waals surface area contributed by atoms with Crippen LogP contribution in [0.25, 0.3) is 0 Å². The summed E-state index contributed by atoms with van der Waals surface area (Å²) in [5, 5.41) is 25.5. The highest BCUT2D eigenvalue weighted by atomic mass is 19.4. The Morgan fingerprint density at radius 2 is 1.64 bits per heavy atom. The molecule has 2 N–H and O–H groups in total. The van der Waals surface area contributed by atoms with Gasteiger partial charge < -0.3 is 10.2 Å². The molecular weight excluding hydrogens is 301 g/mol. The Balaban J connectivity index is 2.29. The Hall–Kier alpha value is -2.90. The predicted molar refractivity (Wildman–Crippen MR) is 70.7 cm³/mol. The van der Waals surface area contributed by atoms with Gasteiger partial charge in [0, 0.05) is 0 Å². The summed E-state index contributed by atoms with van der Waals surface area (Å²) in [6, 6.07) is 7.72. The van der Waals surface area contributed by atoms with Gasteiger partial charge in [-0.3, -0.25) is 0 Å². The number of aromatic hydroxyl groups is 1. The molecule has 0 unspecified atom stereocenters. The van der Waals surface area contributed by atoms with Gasteiger partial charge in [-0.25, -0.2) is 4.79 Å². The first kappa shape index (κ1) is 15.5. The van der Waals surface area contributed by atoms with Crippen molar-refractivity contribution in [2.24, 2.45) is 10.2 Å². The highest BCUT2D eigenvalue weighted by Gasteiger charge is 2.30. The molecule has 0 radical (unpaired) electrons. The summed E-state index contributed by atoms with van der Waals surface area (Å²) in [6.07, 6.45) is -4.49. The molecule has 5 nitrogen and oxygen atoms in total. The van der Waals surface area contributed by atoms with Gasteiger partial charge in [-0.2, -0.15) is 23.4 Å². The fourth-order valence-corrected chi connectivity index (χ4v) is 1.62. The maximum atomic E-state index is 12.6. The van der Waals surface area contributed by atoms with E-state index in [0.29, 0.717) is 0 Å². The minimum Gasteiger partial charge on any atom is -0.507 e. The molecule has 8 heteroatoms. The minimum absolute atomic E-state index is 0.0280. The van der Waals surface area contributed by atoms with E-state index in [1.807, 2.05) is 0 Å². The highest BCUT2D eigenvalue weighted by molar-refractivity contribution is 5.91. The van der Waals surface area contributed by atoms with Crippen LogP contribution >= 0.6 is 0 Å². The van der Waals surface area contributed by atoms with Crippen molar-refractivity contribution < 1.29 is 28.2 Å². The fraction of sp³-hybridized carbons (Fsp3) is 0.0714. The lowest BCUT2D eigenvalue weighted by Crippen LogP contribution is -2.03. The molecule has 2 aromatic carbocycles. The molecule has 0 aliphatic carbocycles. The Labute approximate surface area is 122 Å². The molecule has 0 saturated carbocycles. The average molecular weight is 310 g/mol. The van der Waals surface area contributed by atoms with Crippen molar-refractivity contribution in [3.8, 4) is 5.75 Å². The lowest BCUT2D eigenvalue weighted by molar-refractivity contribution is -0.137. The molecule has 0 aliphatic rings. The largest absolute Gasteiger partial charge is 0.507 e. The van der Waals surface area contributed by atoms with Crippen LogP contribution in [0.3, 0.4) is 0 Å². The molecule has 0 fully saturated rings. The zero-order valence-electron chi connectivity index (χ0n) is 10.9. The SMILES string of the molecule is O=C(O)c1cc(N=Nc2cccc(C(F)(F)F)c2)ccc1O. The van der Waals surface area contributed by atoms with Crippen LogP contribution in [0.4, 0.5) is 24.5 Å². The number of azo groups is 1. The third-order valence-corrected chi connectivity index (χ3v) is 2.66. The highest BCUT2D eigenvalue weighted by Crippen LogP contribution is 2.32. The van der Waals surface area contributed by atoms with Crippen molar-refractivity contribution in [3.05, 3.63) is 53.6 Å². The zero-order chi connectivity index (χ0) is 16.3. The number of benzene rings is 2. The van der Waals surface area contributed by atoms with Crippen LogP contribution in [0, 0.1) is 0 Å². The van der Waals surface area contributed by atoms with Crippen molar-refractivity contribution in [3.63, 3.8) is 0 Å². The second-order valence-corrected chi connectivity index (χ2v) is 4.25. The first-order valence-electron chi connectivity index (χ1n) is 5.92. The fourth-order valence-electron chi connectivity index (χ4n) is 1.62. The second kappa shape index (κ2) is 5.84. The molecule has 0 saturated heterocycles. The van der Waals surface area contributed by atoms with Crippen molar-refractivity contribution in [1.82, 2.24) is 0 Å². The number of alkyl halides is 3. The summed E-state index contributed by atoms with van der Waals surface area (Å²) in [4.78, 5) is 10.8. The van der Waals surface area contributed by atoms with Crippen molar-refractivity contribution in [1.29, 1.82) is 0 Å². The first-order chi connectivity index (χ1) is 10.3. The summed E-state index contributed by atoms with van der Waals surface area (Å²) in [5.41, 5.74) is -1.17. The van der Waals surface area contributed by atoms with E-state index >= 15 is 0 Å². The smallest absolute Gasteiger partial charge is 0.416 e. The maximum absolute atomic E-state index is 12.6. The molecule has 0 aliphatic heterocycles. The van der Waals surface area contributed by atoms with Gasteiger partial charge in [-0.15, -0.1) is 0 Å². The summed E-state index contributed by atoms with van der Waals surface area (Å²) in [7, 11) is 0. The van der Waals surface area contributed by atoms with Crippen molar-refractivity contribution in [2.45, 2.75) is 6.18 Å². The Bertz CT molecular complexity index is 742. The van der Waals surface area contributed by atoms with Gasteiger partial charge in [0.2, 0.25) is 0 Å².